The summed E-state index contributed by atoms with van der Waals surface area (Å²) >= 11 is 0. The summed E-state index contributed by atoms with van der Waals surface area (Å²) in [7, 11) is 2.85. The van der Waals surface area contributed by atoms with Crippen molar-refractivity contribution < 1.29 is 52.8 Å². The molecule has 15 nitrogen and oxygen atoms in total. The molecule has 0 unspecified atom stereocenters. The molecule has 40 heavy (non-hydrogen) atoms. The molecule has 0 aliphatic heterocycles. The lowest BCUT2D eigenvalue weighted by atomic mass is 10.2. The van der Waals surface area contributed by atoms with E-state index in [0.717, 1.165) is 11.2 Å². The normalized spacial score (nSPS) is 11.4. The van der Waals surface area contributed by atoms with E-state index in [9.17, 15) is 29.1 Å². The van der Waals surface area contributed by atoms with E-state index in [4.69, 9.17) is 18.9 Å². The smallest absolute Gasteiger partial charge is 0.430 e. The van der Waals surface area contributed by atoms with Crippen LogP contribution in [0.1, 0.15) is 69.3 Å². The van der Waals surface area contributed by atoms with E-state index in [1.807, 2.05) is 0 Å². The minimum atomic E-state index is -1.10. The molecule has 0 radical (unpaired) electrons. The topological polar surface area (TPSA) is 185 Å². The number of esters is 4. The second kappa shape index (κ2) is 17.2. The molecule has 0 aliphatic carbocycles. The van der Waals surface area contributed by atoms with Gasteiger partial charge in [0.15, 0.2) is 5.69 Å². The Balaban J connectivity index is 0.000000821. The Bertz CT molecular complexity index is 1100. The first-order valence-electron chi connectivity index (χ1n) is 12.3. The molecule has 1 heterocycles. The molecule has 0 saturated carbocycles. The zero-order valence-electron chi connectivity index (χ0n) is 24.3. The Labute approximate surface area is 232 Å². The van der Waals surface area contributed by atoms with Crippen molar-refractivity contribution >= 4 is 36.2 Å². The predicted molar refractivity (Wildman–Crippen MR) is 141 cm³/mol. The van der Waals surface area contributed by atoms with E-state index in [1.54, 1.807) is 55.5 Å². The highest BCUT2D eigenvalue weighted by molar-refractivity contribution is 6.14. The van der Waals surface area contributed by atoms with Crippen LogP contribution in [0, 0.1) is 0 Å². The Kier molecular flexibility index (Phi) is 15.3. The number of ether oxygens (including phenoxy) is 5. The molecule has 0 spiro atoms. The van der Waals surface area contributed by atoms with Gasteiger partial charge in [0.1, 0.15) is 16.7 Å². The van der Waals surface area contributed by atoms with Crippen molar-refractivity contribution in [2.75, 3.05) is 33.5 Å². The Hall–Kier alpha value is -4.43. The third-order valence-electron chi connectivity index (χ3n) is 4.14. The molecule has 224 valence electrons. The maximum atomic E-state index is 11.8. The summed E-state index contributed by atoms with van der Waals surface area (Å²) in [5.74, 6) is -4.20. The van der Waals surface area contributed by atoms with Crippen molar-refractivity contribution in [3.8, 4) is 0 Å². The molecule has 0 atom stereocenters. The molecule has 0 aromatic carbocycles. The van der Waals surface area contributed by atoms with Crippen molar-refractivity contribution in [2.45, 2.75) is 54.1 Å². The van der Waals surface area contributed by atoms with E-state index in [-0.39, 0.29) is 37.7 Å². The first-order valence-corrected chi connectivity index (χ1v) is 12.3. The van der Waals surface area contributed by atoms with Crippen LogP contribution in [0.5, 0.6) is 0 Å². The fourth-order valence-electron chi connectivity index (χ4n) is 2.49. The van der Waals surface area contributed by atoms with Crippen LogP contribution in [0.4, 0.5) is 4.79 Å². The maximum Gasteiger partial charge on any atom is 0.430 e. The van der Waals surface area contributed by atoms with Crippen LogP contribution in [0.15, 0.2) is 22.6 Å². The monoisotopic (exact) mass is 570 g/mol. The molecule has 0 fully saturated rings. The molecule has 1 N–H and O–H groups in total. The van der Waals surface area contributed by atoms with Crippen molar-refractivity contribution in [3.05, 3.63) is 28.8 Å². The van der Waals surface area contributed by atoms with Gasteiger partial charge in [0, 0.05) is 14.1 Å². The van der Waals surface area contributed by atoms with Gasteiger partial charge in [0.05, 0.1) is 38.8 Å². The lowest BCUT2D eigenvalue weighted by Gasteiger charge is -2.22. The molecule has 1 rings (SSSR count). The quantitative estimate of drug-likeness (QED) is 0.108. The average Bonchev–Trinajstić information content (AvgIpc) is 3.25. The van der Waals surface area contributed by atoms with E-state index >= 15 is 0 Å². The Morgan fingerprint density at radius 2 is 1.43 bits per heavy atom. The summed E-state index contributed by atoms with van der Waals surface area (Å²) in [4.78, 5) is 58.2. The van der Waals surface area contributed by atoms with Crippen LogP contribution in [-0.2, 0) is 40.3 Å². The zero-order chi connectivity index (χ0) is 31.0. The van der Waals surface area contributed by atoms with Crippen LogP contribution < -0.4 is 0 Å². The van der Waals surface area contributed by atoms with Crippen LogP contribution in [-0.4, -0.2) is 95.2 Å². The third kappa shape index (κ3) is 12.0. The first-order chi connectivity index (χ1) is 18.6. The van der Waals surface area contributed by atoms with Gasteiger partial charge in [-0.05, 0) is 48.5 Å². The fourth-order valence-corrected chi connectivity index (χ4v) is 2.49. The van der Waals surface area contributed by atoms with Gasteiger partial charge in [-0.3, -0.25) is 4.68 Å². The molecule has 1 aromatic rings. The van der Waals surface area contributed by atoms with Crippen molar-refractivity contribution in [1.29, 1.82) is 0 Å². The van der Waals surface area contributed by atoms with Crippen LogP contribution in [0.3, 0.4) is 0 Å². The molecular weight excluding hydrogens is 532 g/mol. The third-order valence-corrected chi connectivity index (χ3v) is 4.14. The molecule has 0 aliphatic rings. The number of hydrogen-bond acceptors (Lipinski definition) is 13. The highest BCUT2D eigenvalue weighted by Crippen LogP contribution is 2.12. The van der Waals surface area contributed by atoms with E-state index in [2.05, 4.69) is 14.9 Å². The first kappa shape index (κ1) is 35.6. The number of nitrogens with zero attached hydrogens (tertiary/aromatic N) is 4. The fraction of sp³-hybridized carbons (Fsp3) is 0.560. The number of carbonyl (C=O) groups is 5. The standard InChI is InChI=1S/C15H24N2O7.C10H14N2O4/c1-7-22-12(19)10(11(18)13(20)23-8-2)9-16-17(6)14(21)24-15(3,4)5;1-4-15-9(13)7-6-11-12(3)8(7)10(14)16-5-2/h9,18H,7-8H2,1-6H3;6H,4-5H2,1-3H3. The molecular formula is C25H38N4O11. The largest absolute Gasteiger partial charge is 0.501 e. The van der Waals surface area contributed by atoms with Crippen LogP contribution in [0.25, 0.3) is 0 Å². The number of hydrazone groups is 1. The SMILES string of the molecule is CCOC(=O)C(O)=C(C=NN(C)C(=O)OC(C)(C)C)C(=O)OCC.CCOC(=O)c1cnn(C)c1C(=O)OCC. The molecule has 15 heteroatoms. The molecule has 1 amide bonds. The average molecular weight is 571 g/mol. The number of carbonyl (C=O) groups excluding carboxylic acids is 5. The summed E-state index contributed by atoms with van der Waals surface area (Å²) < 4.78 is 25.4. The van der Waals surface area contributed by atoms with Gasteiger partial charge in [-0.2, -0.15) is 10.2 Å². The number of aryl methyl sites for hydroxylation is 1. The van der Waals surface area contributed by atoms with Crippen molar-refractivity contribution in [3.63, 3.8) is 0 Å². The lowest BCUT2D eigenvalue weighted by molar-refractivity contribution is -0.143. The van der Waals surface area contributed by atoms with E-state index < -0.39 is 46.9 Å². The maximum absolute atomic E-state index is 11.8. The molecule has 0 saturated heterocycles. The van der Waals surface area contributed by atoms with E-state index in [0.29, 0.717) is 0 Å². The van der Waals surface area contributed by atoms with Gasteiger partial charge in [0.25, 0.3) is 0 Å². The summed E-state index contributed by atoms with van der Waals surface area (Å²) in [5.41, 5.74) is -1.03. The lowest BCUT2D eigenvalue weighted by Crippen LogP contribution is -2.31. The zero-order valence-corrected chi connectivity index (χ0v) is 24.3. The second-order valence-electron chi connectivity index (χ2n) is 8.42. The number of aliphatic hydroxyl groups excluding tert-OH is 1. The number of hydrogen-bond donors (Lipinski definition) is 1. The minimum absolute atomic E-state index is 0.00789. The van der Waals surface area contributed by atoms with Gasteiger partial charge in [-0.25, -0.2) is 29.0 Å². The van der Waals surface area contributed by atoms with Gasteiger partial charge < -0.3 is 28.8 Å². The minimum Gasteiger partial charge on any atom is -0.501 e. The summed E-state index contributed by atoms with van der Waals surface area (Å²) in [6.45, 7) is 12.0. The highest BCUT2D eigenvalue weighted by atomic mass is 16.6. The Morgan fingerprint density at radius 1 is 0.925 bits per heavy atom. The van der Waals surface area contributed by atoms with Crippen molar-refractivity contribution in [1.82, 2.24) is 14.8 Å². The summed E-state index contributed by atoms with van der Waals surface area (Å²) in [5, 5.41) is 18.2. The van der Waals surface area contributed by atoms with Gasteiger partial charge in [-0.15, -0.1) is 0 Å². The number of rotatable bonds is 10. The summed E-state index contributed by atoms with van der Waals surface area (Å²) in [6.07, 6.45) is 1.34. The molecule has 0 bridgehead atoms. The number of aromatic nitrogens is 2. The van der Waals surface area contributed by atoms with Crippen LogP contribution in [0.2, 0.25) is 0 Å². The highest BCUT2D eigenvalue weighted by Gasteiger charge is 2.25. The number of aliphatic hydroxyl groups is 1. The predicted octanol–water partition coefficient (Wildman–Crippen LogP) is 2.55. The van der Waals surface area contributed by atoms with Gasteiger partial charge in [-0.1, -0.05) is 0 Å². The van der Waals surface area contributed by atoms with Gasteiger partial charge >= 0.3 is 30.0 Å². The summed E-state index contributed by atoms with van der Waals surface area (Å²) in [6, 6.07) is 0. The second-order valence-corrected chi connectivity index (χ2v) is 8.42. The van der Waals surface area contributed by atoms with Gasteiger partial charge in [0.2, 0.25) is 5.76 Å². The van der Waals surface area contributed by atoms with Crippen LogP contribution >= 0.6 is 0 Å². The van der Waals surface area contributed by atoms with Crippen molar-refractivity contribution in [2.24, 2.45) is 12.1 Å². The number of amides is 1. The Morgan fingerprint density at radius 3 is 1.93 bits per heavy atom. The van der Waals surface area contributed by atoms with E-state index in [1.165, 1.54) is 17.9 Å². The molecule has 1 aromatic heterocycles.